The number of hydrogen-bond acceptors (Lipinski definition) is 3. The van der Waals surface area contributed by atoms with Crippen LogP contribution in [-0.4, -0.2) is 36.8 Å². The van der Waals surface area contributed by atoms with Crippen molar-refractivity contribution >= 4 is 5.91 Å². The maximum absolute atomic E-state index is 12.3. The van der Waals surface area contributed by atoms with Gasteiger partial charge in [0.25, 0.3) is 0 Å². The van der Waals surface area contributed by atoms with E-state index >= 15 is 0 Å². The van der Waals surface area contributed by atoms with Crippen LogP contribution in [0.4, 0.5) is 0 Å². The first-order valence-corrected chi connectivity index (χ1v) is 8.45. The predicted octanol–water partition coefficient (Wildman–Crippen LogP) is 1.66. The Morgan fingerprint density at radius 1 is 1.14 bits per heavy atom. The minimum atomic E-state index is -0.325. The number of carbonyl (C=O) groups excluding carboxylic acids is 1. The van der Waals surface area contributed by atoms with Gasteiger partial charge in [0, 0.05) is 31.5 Å². The van der Waals surface area contributed by atoms with Gasteiger partial charge < -0.3 is 15.7 Å². The zero-order chi connectivity index (χ0) is 15.4. The van der Waals surface area contributed by atoms with Gasteiger partial charge in [-0.25, -0.2) is 0 Å². The molecule has 1 aromatic rings. The van der Waals surface area contributed by atoms with Gasteiger partial charge in [0.1, 0.15) is 0 Å². The lowest BCUT2D eigenvalue weighted by atomic mass is 9.78. The van der Waals surface area contributed by atoms with Crippen LogP contribution >= 0.6 is 0 Å². The Morgan fingerprint density at radius 3 is 2.50 bits per heavy atom. The van der Waals surface area contributed by atoms with Gasteiger partial charge in [-0.1, -0.05) is 30.3 Å². The van der Waals surface area contributed by atoms with Gasteiger partial charge in [0.15, 0.2) is 0 Å². The Labute approximate surface area is 132 Å². The number of nitrogens with one attached hydrogen (secondary N) is 2. The van der Waals surface area contributed by atoms with Crippen LogP contribution in [0.5, 0.6) is 0 Å². The third-order valence-corrected chi connectivity index (χ3v) is 5.21. The fourth-order valence-corrected chi connectivity index (χ4v) is 3.72. The second kappa shape index (κ2) is 7.25. The molecule has 120 valence electrons. The molecule has 22 heavy (non-hydrogen) atoms. The van der Waals surface area contributed by atoms with E-state index in [1.54, 1.807) is 0 Å². The van der Waals surface area contributed by atoms with E-state index in [9.17, 15) is 9.90 Å². The van der Waals surface area contributed by atoms with Crippen molar-refractivity contribution in [3.05, 3.63) is 35.9 Å². The molecule has 1 heterocycles. The van der Waals surface area contributed by atoms with Crippen molar-refractivity contribution in [2.75, 3.05) is 19.6 Å². The average Bonchev–Trinajstić information content (AvgIpc) is 2.99. The smallest absolute Gasteiger partial charge is 0.223 e. The number of carbonyl (C=O) groups is 1. The summed E-state index contributed by atoms with van der Waals surface area (Å²) in [7, 11) is 0. The highest BCUT2D eigenvalue weighted by Gasteiger charge is 2.29. The summed E-state index contributed by atoms with van der Waals surface area (Å²) in [4.78, 5) is 12.3. The molecular formula is C18H26N2O2. The first kappa shape index (κ1) is 15.5. The topological polar surface area (TPSA) is 61.4 Å². The van der Waals surface area contributed by atoms with Crippen LogP contribution in [-0.2, 0) is 4.79 Å². The highest BCUT2D eigenvalue weighted by molar-refractivity contribution is 5.78. The highest BCUT2D eigenvalue weighted by atomic mass is 16.3. The lowest BCUT2D eigenvalue weighted by Gasteiger charge is -2.28. The molecule has 0 radical (unpaired) electrons. The molecule has 1 aromatic carbocycles. The number of amides is 1. The molecule has 3 rings (SSSR count). The molecule has 1 amide bonds. The Bertz CT molecular complexity index is 483. The summed E-state index contributed by atoms with van der Waals surface area (Å²) in [6.45, 7) is 2.02. The van der Waals surface area contributed by atoms with Crippen molar-refractivity contribution in [1.29, 1.82) is 0 Å². The molecule has 0 aromatic heterocycles. The number of aliphatic hydroxyl groups excluding tert-OH is 1. The normalized spacial score (nSPS) is 31.9. The molecule has 3 N–H and O–H groups in total. The second-order valence-corrected chi connectivity index (χ2v) is 6.69. The van der Waals surface area contributed by atoms with E-state index in [0.29, 0.717) is 19.0 Å². The summed E-state index contributed by atoms with van der Waals surface area (Å²) >= 11 is 0. The van der Waals surface area contributed by atoms with E-state index in [4.69, 9.17) is 0 Å². The summed E-state index contributed by atoms with van der Waals surface area (Å²) in [5, 5.41) is 15.9. The van der Waals surface area contributed by atoms with Crippen molar-refractivity contribution in [2.45, 2.75) is 37.7 Å². The highest BCUT2D eigenvalue weighted by Crippen LogP contribution is 2.35. The second-order valence-electron chi connectivity index (χ2n) is 6.69. The lowest BCUT2D eigenvalue weighted by Crippen LogP contribution is -2.38. The van der Waals surface area contributed by atoms with Crippen molar-refractivity contribution in [2.24, 2.45) is 11.8 Å². The summed E-state index contributed by atoms with van der Waals surface area (Å²) in [6.07, 6.45) is 3.80. The molecule has 0 bridgehead atoms. The van der Waals surface area contributed by atoms with Gasteiger partial charge in [-0.2, -0.15) is 0 Å². The zero-order valence-corrected chi connectivity index (χ0v) is 13.0. The molecule has 1 aliphatic carbocycles. The van der Waals surface area contributed by atoms with Crippen molar-refractivity contribution < 1.29 is 9.90 Å². The minimum absolute atomic E-state index is 0.145. The summed E-state index contributed by atoms with van der Waals surface area (Å²) in [5.74, 6) is 1.08. The maximum Gasteiger partial charge on any atom is 0.223 e. The Kier molecular flexibility index (Phi) is 5.11. The maximum atomic E-state index is 12.3. The first-order chi connectivity index (χ1) is 10.7. The van der Waals surface area contributed by atoms with Crippen molar-refractivity contribution in [3.8, 4) is 0 Å². The fraction of sp³-hybridized carbons (Fsp3) is 0.611. The van der Waals surface area contributed by atoms with Crippen LogP contribution in [0.1, 0.15) is 37.2 Å². The van der Waals surface area contributed by atoms with E-state index in [1.165, 1.54) is 5.56 Å². The Hall–Kier alpha value is -1.39. The third kappa shape index (κ3) is 3.68. The quantitative estimate of drug-likeness (QED) is 0.792. The van der Waals surface area contributed by atoms with Crippen molar-refractivity contribution in [1.82, 2.24) is 10.6 Å². The van der Waals surface area contributed by atoms with Gasteiger partial charge in [-0.05, 0) is 37.2 Å². The number of rotatable bonds is 4. The van der Waals surface area contributed by atoms with Gasteiger partial charge in [-0.15, -0.1) is 0 Å². The van der Waals surface area contributed by atoms with Crippen LogP contribution in [0.15, 0.2) is 30.3 Å². The fourth-order valence-electron chi connectivity index (χ4n) is 3.72. The SMILES string of the molecule is O=C(NCC1CNCC1O)C1CCC(c2ccccc2)CC1. The molecule has 2 fully saturated rings. The summed E-state index contributed by atoms with van der Waals surface area (Å²) in [5.41, 5.74) is 1.40. The summed E-state index contributed by atoms with van der Waals surface area (Å²) < 4.78 is 0. The predicted molar refractivity (Wildman–Crippen MR) is 86.5 cm³/mol. The molecular weight excluding hydrogens is 276 g/mol. The van der Waals surface area contributed by atoms with E-state index in [2.05, 4.69) is 41.0 Å². The lowest BCUT2D eigenvalue weighted by molar-refractivity contribution is -0.126. The monoisotopic (exact) mass is 302 g/mol. The largest absolute Gasteiger partial charge is 0.391 e. The Morgan fingerprint density at radius 2 is 1.86 bits per heavy atom. The number of aliphatic hydroxyl groups is 1. The van der Waals surface area contributed by atoms with Crippen LogP contribution in [0, 0.1) is 11.8 Å². The number of benzene rings is 1. The van der Waals surface area contributed by atoms with Gasteiger partial charge in [-0.3, -0.25) is 4.79 Å². The molecule has 0 spiro atoms. The van der Waals surface area contributed by atoms with Gasteiger partial charge >= 0.3 is 0 Å². The van der Waals surface area contributed by atoms with E-state index in [0.717, 1.165) is 32.2 Å². The van der Waals surface area contributed by atoms with Gasteiger partial charge in [0.05, 0.1) is 6.10 Å². The molecule has 2 aliphatic rings. The molecule has 1 saturated carbocycles. The van der Waals surface area contributed by atoms with Gasteiger partial charge in [0.2, 0.25) is 5.91 Å². The standard InChI is InChI=1S/C18H26N2O2/c21-17-12-19-10-16(17)11-20-18(22)15-8-6-14(7-9-15)13-4-2-1-3-5-13/h1-5,14-17,19,21H,6-12H2,(H,20,22). The van der Waals surface area contributed by atoms with Crippen LogP contribution in [0.2, 0.25) is 0 Å². The number of β-amino-alcohol motifs (C(OH)–C–C–N with tert-alkyl or cyclic N) is 1. The van der Waals surface area contributed by atoms with Crippen LogP contribution in [0.3, 0.4) is 0 Å². The van der Waals surface area contributed by atoms with E-state index in [1.807, 2.05) is 0 Å². The minimum Gasteiger partial charge on any atom is -0.391 e. The summed E-state index contributed by atoms with van der Waals surface area (Å²) in [6, 6.07) is 10.6. The van der Waals surface area contributed by atoms with E-state index in [-0.39, 0.29) is 23.8 Å². The molecule has 4 nitrogen and oxygen atoms in total. The molecule has 1 aliphatic heterocycles. The van der Waals surface area contributed by atoms with Crippen LogP contribution in [0.25, 0.3) is 0 Å². The molecule has 4 heteroatoms. The Balaban J connectivity index is 1.44. The number of hydrogen-bond donors (Lipinski definition) is 3. The zero-order valence-electron chi connectivity index (χ0n) is 13.0. The van der Waals surface area contributed by atoms with E-state index < -0.39 is 0 Å². The third-order valence-electron chi connectivity index (χ3n) is 5.21. The average molecular weight is 302 g/mol. The molecule has 1 saturated heterocycles. The molecule has 2 unspecified atom stereocenters. The van der Waals surface area contributed by atoms with Crippen LogP contribution < -0.4 is 10.6 Å². The van der Waals surface area contributed by atoms with Crippen molar-refractivity contribution in [3.63, 3.8) is 0 Å². The molecule has 2 atom stereocenters. The first-order valence-electron chi connectivity index (χ1n) is 8.45.